The summed E-state index contributed by atoms with van der Waals surface area (Å²) in [4.78, 5) is 13.3. The molecule has 0 aliphatic rings. The van der Waals surface area contributed by atoms with Crippen LogP contribution in [-0.2, 0) is 4.79 Å². The number of thiocarbonyl (C=S) groups is 1. The maximum Gasteiger partial charge on any atom is 0.222 e. The molecule has 0 saturated heterocycles. The van der Waals surface area contributed by atoms with Crippen molar-refractivity contribution in [1.29, 1.82) is 0 Å². The van der Waals surface area contributed by atoms with Crippen LogP contribution in [0.3, 0.4) is 0 Å². The van der Waals surface area contributed by atoms with Crippen LogP contribution >= 0.6 is 12.2 Å². The molecule has 0 aliphatic heterocycles. The Balaban J connectivity index is 2.57. The van der Waals surface area contributed by atoms with Gasteiger partial charge in [0.15, 0.2) is 0 Å². The monoisotopic (exact) mass is 296 g/mol. The van der Waals surface area contributed by atoms with Gasteiger partial charge in [0.25, 0.3) is 0 Å². The highest BCUT2D eigenvalue weighted by molar-refractivity contribution is 7.80. The Labute approximate surface area is 124 Å². The van der Waals surface area contributed by atoms with E-state index < -0.39 is 0 Å². The second kappa shape index (κ2) is 7.69. The number of amides is 1. The van der Waals surface area contributed by atoms with E-state index in [-0.39, 0.29) is 10.9 Å². The van der Waals surface area contributed by atoms with Crippen LogP contribution in [0.25, 0.3) is 0 Å². The lowest BCUT2D eigenvalue weighted by atomic mass is 10.2. The second-order valence-corrected chi connectivity index (χ2v) is 4.94. The maximum absolute atomic E-state index is 11.4. The first-order chi connectivity index (χ1) is 9.43. The summed E-state index contributed by atoms with van der Waals surface area (Å²) in [6, 6.07) is 5.28. The highest BCUT2D eigenvalue weighted by atomic mass is 32.1. The average molecular weight is 296 g/mol. The van der Waals surface area contributed by atoms with Gasteiger partial charge in [-0.3, -0.25) is 4.79 Å². The SMILES string of the molecule is COc1cc(OCCCC(=O)N(C)C)cc(C(N)=S)c1. The maximum atomic E-state index is 11.4. The zero-order chi connectivity index (χ0) is 15.1. The largest absolute Gasteiger partial charge is 0.497 e. The number of hydrogen-bond donors (Lipinski definition) is 1. The van der Waals surface area contributed by atoms with Crippen LogP contribution in [0.2, 0.25) is 0 Å². The molecule has 6 heteroatoms. The average Bonchev–Trinajstić information content (AvgIpc) is 2.42. The van der Waals surface area contributed by atoms with Crippen LogP contribution in [0.4, 0.5) is 0 Å². The second-order valence-electron chi connectivity index (χ2n) is 4.50. The number of carbonyl (C=O) groups excluding carboxylic acids is 1. The van der Waals surface area contributed by atoms with Gasteiger partial charge in [-0.05, 0) is 18.6 Å². The van der Waals surface area contributed by atoms with E-state index in [2.05, 4.69) is 0 Å². The number of methoxy groups -OCH3 is 1. The third-order valence-corrected chi connectivity index (χ3v) is 2.94. The summed E-state index contributed by atoms with van der Waals surface area (Å²) in [5.41, 5.74) is 6.30. The number of ether oxygens (including phenoxy) is 2. The first-order valence-electron chi connectivity index (χ1n) is 6.26. The quantitative estimate of drug-likeness (QED) is 0.611. The number of carbonyl (C=O) groups is 1. The number of nitrogens with zero attached hydrogens (tertiary/aromatic N) is 1. The molecular formula is C14H20N2O3S. The molecule has 1 amide bonds. The molecule has 0 fully saturated rings. The summed E-state index contributed by atoms with van der Waals surface area (Å²) in [5, 5.41) is 0. The number of nitrogens with two attached hydrogens (primary N) is 1. The van der Waals surface area contributed by atoms with Crippen molar-refractivity contribution in [3.8, 4) is 11.5 Å². The van der Waals surface area contributed by atoms with E-state index >= 15 is 0 Å². The fraction of sp³-hybridized carbons (Fsp3) is 0.429. The number of rotatable bonds is 7. The highest BCUT2D eigenvalue weighted by Crippen LogP contribution is 2.23. The Bertz CT molecular complexity index is 489. The topological polar surface area (TPSA) is 64.8 Å². The van der Waals surface area contributed by atoms with Crippen LogP contribution in [-0.4, -0.2) is 43.6 Å². The van der Waals surface area contributed by atoms with E-state index in [1.165, 1.54) is 0 Å². The van der Waals surface area contributed by atoms with Gasteiger partial charge in [0.05, 0.1) is 13.7 Å². The number of benzene rings is 1. The van der Waals surface area contributed by atoms with Gasteiger partial charge in [-0.2, -0.15) is 0 Å². The van der Waals surface area contributed by atoms with E-state index in [9.17, 15) is 4.79 Å². The van der Waals surface area contributed by atoms with Gasteiger partial charge < -0.3 is 20.1 Å². The van der Waals surface area contributed by atoms with Gasteiger partial charge in [0.2, 0.25) is 5.91 Å². The molecule has 0 saturated carbocycles. The molecule has 1 aromatic carbocycles. The van der Waals surface area contributed by atoms with Gasteiger partial charge in [-0.1, -0.05) is 12.2 Å². The van der Waals surface area contributed by atoms with Crippen molar-refractivity contribution in [2.24, 2.45) is 5.73 Å². The lowest BCUT2D eigenvalue weighted by Crippen LogP contribution is -2.21. The van der Waals surface area contributed by atoms with E-state index in [1.54, 1.807) is 44.3 Å². The van der Waals surface area contributed by atoms with Gasteiger partial charge in [0.1, 0.15) is 16.5 Å². The van der Waals surface area contributed by atoms with E-state index in [0.29, 0.717) is 36.5 Å². The summed E-state index contributed by atoms with van der Waals surface area (Å²) >= 11 is 4.94. The summed E-state index contributed by atoms with van der Waals surface area (Å²) < 4.78 is 10.8. The van der Waals surface area contributed by atoms with Crippen LogP contribution < -0.4 is 15.2 Å². The van der Waals surface area contributed by atoms with Crippen molar-refractivity contribution in [1.82, 2.24) is 4.90 Å². The van der Waals surface area contributed by atoms with Gasteiger partial charge in [-0.25, -0.2) is 0 Å². The van der Waals surface area contributed by atoms with E-state index in [0.717, 1.165) is 0 Å². The zero-order valence-electron chi connectivity index (χ0n) is 12.0. The van der Waals surface area contributed by atoms with Crippen molar-refractivity contribution in [2.75, 3.05) is 27.8 Å². The van der Waals surface area contributed by atoms with E-state index in [4.69, 9.17) is 27.4 Å². The third kappa shape index (κ3) is 5.05. The molecule has 110 valence electrons. The lowest BCUT2D eigenvalue weighted by Gasteiger charge is -2.12. The Morgan fingerprint density at radius 2 is 1.95 bits per heavy atom. The zero-order valence-corrected chi connectivity index (χ0v) is 12.8. The summed E-state index contributed by atoms with van der Waals surface area (Å²) in [7, 11) is 5.04. The highest BCUT2D eigenvalue weighted by Gasteiger charge is 2.06. The minimum absolute atomic E-state index is 0.0862. The molecule has 0 atom stereocenters. The predicted octanol–water partition coefficient (Wildman–Crippen LogP) is 1.58. The van der Waals surface area contributed by atoms with Crippen molar-refractivity contribution in [3.05, 3.63) is 23.8 Å². The standard InChI is InChI=1S/C14H20N2O3S/c1-16(2)13(17)5-4-6-19-12-8-10(14(15)20)7-11(9-12)18-3/h7-9H,4-6H2,1-3H3,(H2,15,20). The third-order valence-electron chi connectivity index (χ3n) is 2.70. The van der Waals surface area contributed by atoms with Gasteiger partial charge in [-0.15, -0.1) is 0 Å². The Morgan fingerprint density at radius 1 is 1.30 bits per heavy atom. The van der Waals surface area contributed by atoms with Gasteiger partial charge in [0, 0.05) is 32.1 Å². The molecule has 0 aliphatic carbocycles. The Kier molecular flexibility index (Phi) is 6.24. The molecular weight excluding hydrogens is 276 g/mol. The van der Waals surface area contributed by atoms with Crippen molar-refractivity contribution >= 4 is 23.1 Å². The minimum atomic E-state index is 0.0862. The molecule has 0 heterocycles. The number of hydrogen-bond acceptors (Lipinski definition) is 4. The molecule has 5 nitrogen and oxygen atoms in total. The first kappa shape index (κ1) is 16.2. The van der Waals surface area contributed by atoms with Crippen LogP contribution in [0, 0.1) is 0 Å². The van der Waals surface area contributed by atoms with Crippen molar-refractivity contribution in [2.45, 2.75) is 12.8 Å². The molecule has 0 aromatic heterocycles. The molecule has 1 aromatic rings. The summed E-state index contributed by atoms with van der Waals surface area (Å²) in [5.74, 6) is 1.35. The van der Waals surface area contributed by atoms with Gasteiger partial charge >= 0.3 is 0 Å². The van der Waals surface area contributed by atoms with E-state index in [1.807, 2.05) is 0 Å². The summed E-state index contributed by atoms with van der Waals surface area (Å²) in [6.45, 7) is 0.448. The molecule has 2 N–H and O–H groups in total. The van der Waals surface area contributed by atoms with Crippen LogP contribution in [0.15, 0.2) is 18.2 Å². The van der Waals surface area contributed by atoms with Crippen LogP contribution in [0.1, 0.15) is 18.4 Å². The Hall–Kier alpha value is -1.82. The fourth-order valence-electron chi connectivity index (χ4n) is 1.55. The Morgan fingerprint density at radius 3 is 2.50 bits per heavy atom. The molecule has 1 rings (SSSR count). The molecule has 0 bridgehead atoms. The molecule has 0 unspecified atom stereocenters. The fourth-order valence-corrected chi connectivity index (χ4v) is 1.67. The first-order valence-corrected chi connectivity index (χ1v) is 6.66. The van der Waals surface area contributed by atoms with Crippen molar-refractivity contribution in [3.63, 3.8) is 0 Å². The smallest absolute Gasteiger partial charge is 0.222 e. The minimum Gasteiger partial charge on any atom is -0.497 e. The van der Waals surface area contributed by atoms with Crippen LogP contribution in [0.5, 0.6) is 11.5 Å². The van der Waals surface area contributed by atoms with Crippen molar-refractivity contribution < 1.29 is 14.3 Å². The summed E-state index contributed by atoms with van der Waals surface area (Å²) in [6.07, 6.45) is 1.11. The molecule has 0 radical (unpaired) electrons. The molecule has 20 heavy (non-hydrogen) atoms. The normalized spacial score (nSPS) is 9.95. The lowest BCUT2D eigenvalue weighted by molar-refractivity contribution is -0.128. The predicted molar refractivity (Wildman–Crippen MR) is 82.3 cm³/mol. The molecule has 0 spiro atoms.